The molecule has 1 aliphatic rings. The minimum atomic E-state index is -3.06. The van der Waals surface area contributed by atoms with Crippen LogP contribution < -0.4 is 11.1 Å². The first-order chi connectivity index (χ1) is 9.21. The van der Waals surface area contributed by atoms with Crippen LogP contribution in [0.3, 0.4) is 0 Å². The van der Waals surface area contributed by atoms with Gasteiger partial charge in [0.15, 0.2) is 9.84 Å². The Labute approximate surface area is 123 Å². The summed E-state index contributed by atoms with van der Waals surface area (Å²) in [6.07, 6.45) is 0.427. The van der Waals surface area contributed by atoms with E-state index in [1.165, 1.54) is 0 Å². The quantitative estimate of drug-likeness (QED) is 0.799. The molecule has 0 radical (unpaired) electrons. The summed E-state index contributed by atoms with van der Waals surface area (Å²) in [5, 5.41) is 2.79. The number of hydrogen-bond acceptors (Lipinski definition) is 4. The van der Waals surface area contributed by atoms with Gasteiger partial charge in [-0.2, -0.15) is 0 Å². The van der Waals surface area contributed by atoms with Crippen molar-refractivity contribution in [2.45, 2.75) is 18.9 Å². The molecule has 2 rings (SSSR count). The van der Waals surface area contributed by atoms with Crippen LogP contribution in [0.5, 0.6) is 0 Å². The number of amides is 1. The van der Waals surface area contributed by atoms with E-state index in [0.29, 0.717) is 17.5 Å². The van der Waals surface area contributed by atoms with E-state index in [1.54, 1.807) is 31.2 Å². The lowest BCUT2D eigenvalue weighted by molar-refractivity contribution is 0.0915. The van der Waals surface area contributed by atoms with E-state index < -0.39 is 15.4 Å². The van der Waals surface area contributed by atoms with Crippen molar-refractivity contribution in [3.63, 3.8) is 0 Å². The third kappa shape index (κ3) is 3.34. The lowest BCUT2D eigenvalue weighted by atomic mass is 10.0. The lowest BCUT2D eigenvalue weighted by Crippen LogP contribution is -2.46. The molecule has 5 nitrogen and oxygen atoms in total. The highest BCUT2D eigenvalue weighted by atomic mass is 32.2. The fraction of sp³-hybridized carbons (Fsp3) is 0.385. The maximum atomic E-state index is 12.2. The van der Waals surface area contributed by atoms with Crippen LogP contribution in [0.15, 0.2) is 24.3 Å². The summed E-state index contributed by atoms with van der Waals surface area (Å²) in [7, 11) is -3.06. The highest BCUT2D eigenvalue weighted by molar-refractivity contribution is 7.91. The van der Waals surface area contributed by atoms with Gasteiger partial charge in [0, 0.05) is 11.1 Å². The van der Waals surface area contributed by atoms with Crippen molar-refractivity contribution in [1.82, 2.24) is 5.32 Å². The zero-order chi connectivity index (χ0) is 15.0. The van der Waals surface area contributed by atoms with Crippen molar-refractivity contribution in [3.05, 3.63) is 35.4 Å². The zero-order valence-electron chi connectivity index (χ0n) is 11.0. The summed E-state index contributed by atoms with van der Waals surface area (Å²) in [6.45, 7) is 1.74. The summed E-state index contributed by atoms with van der Waals surface area (Å²) in [5.41, 5.74) is 5.84. The van der Waals surface area contributed by atoms with Crippen molar-refractivity contribution in [3.8, 4) is 0 Å². The highest BCUT2D eigenvalue weighted by Crippen LogP contribution is 2.23. The summed E-state index contributed by atoms with van der Waals surface area (Å²) >= 11 is 4.87. The fourth-order valence-corrected chi connectivity index (χ4v) is 4.49. The molecule has 1 fully saturated rings. The number of hydrogen-bond donors (Lipinski definition) is 2. The molecule has 3 N–H and O–H groups in total. The third-order valence-corrected chi connectivity index (χ3v) is 5.47. The summed E-state index contributed by atoms with van der Waals surface area (Å²) in [6, 6.07) is 6.66. The van der Waals surface area contributed by atoms with Gasteiger partial charge in [-0.25, -0.2) is 8.42 Å². The topological polar surface area (TPSA) is 89.3 Å². The second-order valence-electron chi connectivity index (χ2n) is 5.30. The predicted molar refractivity (Wildman–Crippen MR) is 81.5 cm³/mol. The van der Waals surface area contributed by atoms with Crippen molar-refractivity contribution in [2.75, 3.05) is 11.5 Å². The Balaban J connectivity index is 2.17. The molecule has 1 saturated heterocycles. The second kappa shape index (κ2) is 5.14. The first-order valence-corrected chi connectivity index (χ1v) is 8.37. The minimum Gasteiger partial charge on any atom is -0.389 e. The molecule has 0 spiro atoms. The summed E-state index contributed by atoms with van der Waals surface area (Å²) in [5.74, 6) is -0.236. The molecule has 20 heavy (non-hydrogen) atoms. The maximum absolute atomic E-state index is 12.2. The molecule has 1 amide bonds. The van der Waals surface area contributed by atoms with Crippen LogP contribution >= 0.6 is 12.2 Å². The van der Waals surface area contributed by atoms with Gasteiger partial charge in [0.05, 0.1) is 17.0 Å². The monoisotopic (exact) mass is 312 g/mol. The Kier molecular flexibility index (Phi) is 3.84. The van der Waals surface area contributed by atoms with E-state index in [1.807, 2.05) is 0 Å². The highest BCUT2D eigenvalue weighted by Gasteiger charge is 2.39. The molecule has 1 heterocycles. The lowest BCUT2D eigenvalue weighted by Gasteiger charge is -2.24. The van der Waals surface area contributed by atoms with E-state index in [0.717, 1.165) is 0 Å². The molecule has 1 aromatic rings. The summed E-state index contributed by atoms with van der Waals surface area (Å²) < 4.78 is 23.0. The first-order valence-electron chi connectivity index (χ1n) is 6.14. The van der Waals surface area contributed by atoms with Crippen molar-refractivity contribution >= 4 is 33.0 Å². The number of thiocarbonyl (C=S) groups is 1. The van der Waals surface area contributed by atoms with Crippen LogP contribution in [0, 0.1) is 0 Å². The number of benzene rings is 1. The Morgan fingerprint density at radius 2 is 2.05 bits per heavy atom. The molecule has 1 aromatic carbocycles. The molecule has 1 unspecified atom stereocenters. The standard InChI is InChI=1S/C13H16N2O3S2/c1-13(5-6-20(17,18)8-13)15-12(16)10-4-2-3-9(7-10)11(14)19/h2-4,7H,5-6,8H2,1H3,(H2,14,19)(H,15,16). The van der Waals surface area contributed by atoms with E-state index >= 15 is 0 Å². The van der Waals surface area contributed by atoms with Crippen molar-refractivity contribution in [1.29, 1.82) is 0 Å². The van der Waals surface area contributed by atoms with Crippen molar-refractivity contribution in [2.24, 2.45) is 5.73 Å². The molecule has 1 aliphatic heterocycles. The molecule has 7 heteroatoms. The third-order valence-electron chi connectivity index (χ3n) is 3.33. The van der Waals surface area contributed by atoms with E-state index in [-0.39, 0.29) is 22.4 Å². The number of nitrogens with one attached hydrogen (secondary N) is 1. The second-order valence-corrected chi connectivity index (χ2v) is 7.93. The number of rotatable bonds is 3. The van der Waals surface area contributed by atoms with Crippen LogP contribution in [-0.4, -0.2) is 36.4 Å². The van der Waals surface area contributed by atoms with Gasteiger partial charge in [0.2, 0.25) is 0 Å². The average Bonchev–Trinajstić information content (AvgIpc) is 2.63. The van der Waals surface area contributed by atoms with Gasteiger partial charge in [0.1, 0.15) is 4.99 Å². The van der Waals surface area contributed by atoms with Crippen molar-refractivity contribution < 1.29 is 13.2 Å². The first kappa shape index (κ1) is 14.9. The smallest absolute Gasteiger partial charge is 0.251 e. The Hall–Kier alpha value is -1.47. The molecule has 0 saturated carbocycles. The van der Waals surface area contributed by atoms with Crippen LogP contribution in [0.4, 0.5) is 0 Å². The van der Waals surface area contributed by atoms with Gasteiger partial charge in [-0.3, -0.25) is 4.79 Å². The SMILES string of the molecule is CC1(NC(=O)c2cccc(C(N)=S)c2)CCS(=O)(=O)C1. The van der Waals surface area contributed by atoms with E-state index in [9.17, 15) is 13.2 Å². The van der Waals surface area contributed by atoms with Crippen LogP contribution in [0.2, 0.25) is 0 Å². The van der Waals surface area contributed by atoms with Crippen LogP contribution in [-0.2, 0) is 9.84 Å². The molecule has 0 bridgehead atoms. The van der Waals surface area contributed by atoms with Crippen LogP contribution in [0.25, 0.3) is 0 Å². The minimum absolute atomic E-state index is 0.0271. The largest absolute Gasteiger partial charge is 0.389 e. The van der Waals surface area contributed by atoms with E-state index in [4.69, 9.17) is 18.0 Å². The molecular weight excluding hydrogens is 296 g/mol. The normalized spacial score (nSPS) is 24.2. The van der Waals surface area contributed by atoms with Crippen LogP contribution in [0.1, 0.15) is 29.3 Å². The van der Waals surface area contributed by atoms with Gasteiger partial charge in [0.25, 0.3) is 5.91 Å². The molecular formula is C13H16N2O3S2. The number of carbonyl (C=O) groups excluding carboxylic acids is 1. The Morgan fingerprint density at radius 1 is 1.40 bits per heavy atom. The predicted octanol–water partition coefficient (Wildman–Crippen LogP) is 0.628. The van der Waals surface area contributed by atoms with E-state index in [2.05, 4.69) is 5.32 Å². The van der Waals surface area contributed by atoms with Gasteiger partial charge < -0.3 is 11.1 Å². The molecule has 0 aliphatic carbocycles. The molecule has 1 atom stereocenters. The van der Waals surface area contributed by atoms with Gasteiger partial charge in [-0.15, -0.1) is 0 Å². The number of sulfone groups is 1. The van der Waals surface area contributed by atoms with Gasteiger partial charge in [-0.05, 0) is 25.5 Å². The fourth-order valence-electron chi connectivity index (χ4n) is 2.27. The summed E-state index contributed by atoms with van der Waals surface area (Å²) in [4.78, 5) is 12.4. The Bertz CT molecular complexity index is 670. The maximum Gasteiger partial charge on any atom is 0.251 e. The molecule has 0 aromatic heterocycles. The van der Waals surface area contributed by atoms with Gasteiger partial charge in [-0.1, -0.05) is 24.4 Å². The number of carbonyl (C=O) groups is 1. The molecule has 108 valence electrons. The van der Waals surface area contributed by atoms with Gasteiger partial charge >= 0.3 is 0 Å². The Morgan fingerprint density at radius 3 is 2.60 bits per heavy atom. The average molecular weight is 312 g/mol. The zero-order valence-corrected chi connectivity index (χ0v) is 12.7. The number of nitrogens with two attached hydrogens (primary N) is 1.